The largest absolute Gasteiger partial charge is 0 e. The average molecular weight is 751 g/mol. The molecule has 6 rings (SSSR count). The van der Waals surface area contributed by atoms with Crippen molar-refractivity contribution in [1.29, 1.82) is 0 Å². The molecule has 0 saturated heterocycles. The summed E-state index contributed by atoms with van der Waals surface area (Å²) < 4.78 is 25.2. The van der Waals surface area contributed by atoms with Crippen LogP contribution in [0.1, 0.15) is 34.7 Å². The van der Waals surface area contributed by atoms with Gasteiger partial charge in [-0.1, -0.05) is 38.1 Å². The first-order valence-corrected chi connectivity index (χ1v) is 20.3. The van der Waals surface area contributed by atoms with E-state index in [-0.39, 0.29) is 25.5 Å². The van der Waals surface area contributed by atoms with E-state index in [4.69, 9.17) is 4.11 Å². The van der Waals surface area contributed by atoms with Crippen molar-refractivity contribution in [2.75, 3.05) is 0 Å². The first-order valence-electron chi connectivity index (χ1n) is 14.4. The van der Waals surface area contributed by atoms with E-state index < -0.39 is 20.1 Å². The van der Waals surface area contributed by atoms with Gasteiger partial charge in [0, 0.05) is 41.4 Å². The van der Waals surface area contributed by atoms with Gasteiger partial charge in [0.15, 0.2) is 0 Å². The topological polar surface area (TPSA) is 25.8 Å². The van der Waals surface area contributed by atoms with Crippen LogP contribution in [0.15, 0.2) is 97.3 Å². The smallest absolute Gasteiger partial charge is 0 e. The van der Waals surface area contributed by atoms with Crippen molar-refractivity contribution in [3.63, 3.8) is 0 Å². The van der Waals surface area contributed by atoms with E-state index in [0.29, 0.717) is 5.56 Å². The molecule has 0 aliphatic heterocycles. The maximum atomic E-state index is 7.91. The molecule has 1 aliphatic carbocycles. The predicted molar refractivity (Wildman–Crippen MR) is 162 cm³/mol. The van der Waals surface area contributed by atoms with Gasteiger partial charge in [-0.3, -0.25) is 0 Å². The second kappa shape index (κ2) is 11.7. The van der Waals surface area contributed by atoms with Crippen LogP contribution in [0.4, 0.5) is 0 Å². The second-order valence-corrected chi connectivity index (χ2v) is 21.9. The van der Waals surface area contributed by atoms with Crippen LogP contribution in [-0.4, -0.2) is 23.2 Å². The molecule has 1 aliphatic rings. The normalized spacial score (nSPS) is 14.3. The molecule has 39 heavy (non-hydrogen) atoms. The molecule has 0 amide bonds. The number of hydrogen-bond acceptors (Lipinski definition) is 2. The molecule has 5 aromatic rings. The zero-order valence-electron chi connectivity index (χ0n) is 26.0. The Morgan fingerprint density at radius 3 is 1.97 bits per heavy atom. The Bertz CT molecular complexity index is 1660. The third kappa shape index (κ3) is 6.01. The van der Waals surface area contributed by atoms with Gasteiger partial charge in [-0.25, -0.2) is 0 Å². The maximum Gasteiger partial charge on any atom is 0 e. The Morgan fingerprint density at radius 1 is 0.744 bits per heavy atom. The summed E-state index contributed by atoms with van der Waals surface area (Å²) in [6.45, 7) is 2.05. The van der Waals surface area contributed by atoms with Crippen LogP contribution in [0.2, 0.25) is 17.3 Å². The molecule has 4 heteroatoms. The second-order valence-electron chi connectivity index (χ2n) is 11.2. The van der Waals surface area contributed by atoms with E-state index in [0.717, 1.165) is 44.8 Å². The van der Waals surface area contributed by atoms with Crippen LogP contribution in [0.5, 0.6) is 0 Å². The molecule has 0 unspecified atom stereocenters. The van der Waals surface area contributed by atoms with Crippen molar-refractivity contribution in [2.24, 2.45) is 0 Å². The zero-order valence-corrected chi connectivity index (χ0v) is 27.5. The van der Waals surface area contributed by atoms with Crippen molar-refractivity contribution in [3.8, 4) is 33.6 Å². The van der Waals surface area contributed by atoms with Crippen LogP contribution in [0.25, 0.3) is 33.6 Å². The van der Waals surface area contributed by atoms with E-state index in [1.807, 2.05) is 73.1 Å². The fourth-order valence-corrected chi connectivity index (χ4v) is 7.19. The number of benzene rings is 3. The number of aromatic nitrogens is 2. The van der Waals surface area contributed by atoms with Gasteiger partial charge in [0.25, 0.3) is 0 Å². The molecule has 3 aromatic carbocycles. The molecule has 2 aromatic heterocycles. The fourth-order valence-electron chi connectivity index (χ4n) is 5.02. The average Bonchev–Trinajstić information content (AvgIpc) is 3.19. The van der Waals surface area contributed by atoms with Gasteiger partial charge in [-0.2, -0.15) is 0 Å². The standard InChI is InChI=1S/C21H18N.C14H16GeN.Ir/c1-14-8-7-11-16-17-13-22-19(15-9-5-4-6-10-15)12-18(17)21(2,3)20(14)16;1-15(2,3)13-9-10-14(16-11-13)12-7-5-4-6-8-12;/h4-9,11-13H,1-3H3;4-7,9-11H,1-3H3;/q2*-1;/i1D3;;. The SMILES string of the molecule is [2H]C([2H])([2H])c1cccc2c1C(C)(C)c1cc(-c3[c-]cccc3)ncc1-2.[CH3][Ge]([CH3])([CH3])[c]1ccc(-c2[c-]cccc2)nc1.[Ir]. The number of hydrogen-bond donors (Lipinski definition) is 0. The number of pyridine rings is 2. The molecule has 0 N–H and O–H groups in total. The molecule has 0 atom stereocenters. The van der Waals surface area contributed by atoms with Crippen LogP contribution in [0, 0.1) is 19.0 Å². The first-order chi connectivity index (χ1) is 19.4. The maximum absolute atomic E-state index is 7.91. The Morgan fingerprint density at radius 2 is 1.41 bits per heavy atom. The minimum atomic E-state index is -2.13. The molecule has 2 heterocycles. The number of nitrogens with zero attached hydrogens (tertiary/aromatic N) is 2. The van der Waals surface area contributed by atoms with Crippen molar-refractivity contribution in [3.05, 3.63) is 126 Å². The van der Waals surface area contributed by atoms with Gasteiger partial charge in [0.1, 0.15) is 0 Å². The summed E-state index contributed by atoms with van der Waals surface area (Å²) in [7, 11) is 0. The van der Waals surface area contributed by atoms with E-state index in [2.05, 4.69) is 71.4 Å². The molecular formula is C35H34GeIrN2-2. The first kappa shape index (κ1) is 25.1. The van der Waals surface area contributed by atoms with E-state index >= 15 is 0 Å². The van der Waals surface area contributed by atoms with E-state index in [1.165, 1.54) is 4.40 Å². The number of aryl methyl sites for hydroxylation is 1. The molecule has 0 saturated carbocycles. The summed E-state index contributed by atoms with van der Waals surface area (Å²) in [4.78, 5) is 9.14. The van der Waals surface area contributed by atoms with Gasteiger partial charge in [0.2, 0.25) is 0 Å². The monoisotopic (exact) mass is 752 g/mol. The van der Waals surface area contributed by atoms with Crippen molar-refractivity contribution in [1.82, 2.24) is 9.97 Å². The quantitative estimate of drug-likeness (QED) is 0.137. The van der Waals surface area contributed by atoms with Crippen molar-refractivity contribution in [2.45, 2.75) is 43.4 Å². The van der Waals surface area contributed by atoms with Gasteiger partial charge in [-0.15, -0.1) is 35.9 Å². The summed E-state index contributed by atoms with van der Waals surface area (Å²) in [5, 5.41) is 0. The Labute approximate surface area is 253 Å². The minimum Gasteiger partial charge on any atom is 0 e. The zero-order chi connectivity index (χ0) is 29.4. The van der Waals surface area contributed by atoms with Gasteiger partial charge in [-0.05, 0) is 34.8 Å². The Hall–Kier alpha value is -2.85. The summed E-state index contributed by atoms with van der Waals surface area (Å²) in [6.07, 6.45) is 3.90. The molecule has 199 valence electrons. The van der Waals surface area contributed by atoms with Crippen LogP contribution in [0.3, 0.4) is 0 Å². The third-order valence-corrected chi connectivity index (χ3v) is 11.4. The van der Waals surface area contributed by atoms with Crippen molar-refractivity contribution >= 4 is 17.7 Å². The number of rotatable bonds is 3. The summed E-state index contributed by atoms with van der Waals surface area (Å²) in [6, 6.07) is 34.1. The molecule has 1 radical (unpaired) electrons. The van der Waals surface area contributed by atoms with Gasteiger partial charge >= 0.3 is 99.8 Å². The third-order valence-electron chi connectivity index (χ3n) is 7.16. The van der Waals surface area contributed by atoms with E-state index in [9.17, 15) is 0 Å². The molecular weight excluding hydrogens is 713 g/mol. The van der Waals surface area contributed by atoms with Gasteiger partial charge in [0.05, 0.1) is 0 Å². The van der Waals surface area contributed by atoms with Crippen LogP contribution < -0.4 is 4.40 Å². The fraction of sp³-hybridized carbons (Fsp3) is 0.200. The Kier molecular flexibility index (Phi) is 7.55. The molecule has 0 spiro atoms. The predicted octanol–water partition coefficient (Wildman–Crippen LogP) is 8.26. The van der Waals surface area contributed by atoms with Gasteiger partial charge < -0.3 is 4.98 Å². The summed E-state index contributed by atoms with van der Waals surface area (Å²) >= 11 is -1.72. The molecule has 2 nitrogen and oxygen atoms in total. The van der Waals surface area contributed by atoms with Crippen LogP contribution in [-0.2, 0) is 25.5 Å². The van der Waals surface area contributed by atoms with E-state index in [1.54, 1.807) is 6.07 Å². The minimum absolute atomic E-state index is 0. The number of fused-ring (bicyclic) bond motifs is 3. The van der Waals surface area contributed by atoms with Crippen LogP contribution >= 0.6 is 0 Å². The summed E-state index contributed by atoms with van der Waals surface area (Å²) in [5.41, 5.74) is 7.91. The molecule has 0 bridgehead atoms. The Balaban J connectivity index is 0.000000207. The van der Waals surface area contributed by atoms with Crippen molar-refractivity contribution < 1.29 is 24.2 Å². The summed E-state index contributed by atoms with van der Waals surface area (Å²) in [5.74, 6) is 7.14. The molecule has 0 fully saturated rings.